The fraction of sp³-hybridized carbons (Fsp3) is 0.467. The summed E-state index contributed by atoms with van der Waals surface area (Å²) in [6, 6.07) is 4.29. The molecule has 0 bridgehead atoms. The van der Waals surface area contributed by atoms with E-state index in [0.717, 1.165) is 5.56 Å². The molecule has 1 aromatic rings. The van der Waals surface area contributed by atoms with Crippen LogP contribution < -0.4 is 5.32 Å². The Bertz CT molecular complexity index is 632. The summed E-state index contributed by atoms with van der Waals surface area (Å²) in [5.74, 6) is -0.849. The molecule has 0 spiro atoms. The Kier molecular flexibility index (Phi) is 5.28. The Labute approximate surface area is 133 Å². The average molecular weight is 321 g/mol. The van der Waals surface area contributed by atoms with Crippen molar-refractivity contribution in [3.63, 3.8) is 0 Å². The van der Waals surface area contributed by atoms with Crippen molar-refractivity contribution in [1.82, 2.24) is 4.90 Å². The lowest BCUT2D eigenvalue weighted by atomic mass is 10.1. The molecule has 8 heteroatoms. The summed E-state index contributed by atoms with van der Waals surface area (Å²) >= 11 is 0. The van der Waals surface area contributed by atoms with Gasteiger partial charge in [-0.3, -0.25) is 19.7 Å². The van der Waals surface area contributed by atoms with Crippen molar-refractivity contribution in [3.05, 3.63) is 33.9 Å². The predicted molar refractivity (Wildman–Crippen MR) is 83.0 cm³/mol. The van der Waals surface area contributed by atoms with Crippen molar-refractivity contribution in [3.8, 4) is 0 Å². The van der Waals surface area contributed by atoms with E-state index in [0.29, 0.717) is 25.4 Å². The first-order valence-corrected chi connectivity index (χ1v) is 7.25. The number of carbonyl (C=O) groups excluding carboxylic acids is 2. The highest BCUT2D eigenvalue weighted by Crippen LogP contribution is 2.24. The van der Waals surface area contributed by atoms with E-state index in [9.17, 15) is 19.7 Å². The molecule has 0 aliphatic carbocycles. The third-order valence-electron chi connectivity index (χ3n) is 3.84. The minimum Gasteiger partial charge on any atom is -0.383 e. The third-order valence-corrected chi connectivity index (χ3v) is 3.84. The number of benzene rings is 1. The van der Waals surface area contributed by atoms with Gasteiger partial charge in [-0.25, -0.2) is 0 Å². The summed E-state index contributed by atoms with van der Waals surface area (Å²) in [5, 5.41) is 13.5. The number of hydrogen-bond donors (Lipinski definition) is 1. The molecule has 1 heterocycles. The lowest BCUT2D eigenvalue weighted by Gasteiger charge is -2.16. The van der Waals surface area contributed by atoms with Gasteiger partial charge in [0.2, 0.25) is 11.8 Å². The minimum absolute atomic E-state index is 0.0852. The first-order valence-electron chi connectivity index (χ1n) is 7.25. The molecule has 1 N–H and O–H groups in total. The Balaban J connectivity index is 2.04. The SMILES string of the molecule is COCCN1CC(C(=O)Nc2cc([N+](=O)[O-])ccc2C)CC1=O. The summed E-state index contributed by atoms with van der Waals surface area (Å²) in [5.41, 5.74) is 1.03. The number of nitro groups is 1. The summed E-state index contributed by atoms with van der Waals surface area (Å²) < 4.78 is 4.94. The van der Waals surface area contributed by atoms with Gasteiger partial charge in [0.05, 0.1) is 23.1 Å². The first-order chi connectivity index (χ1) is 10.9. The standard InChI is InChI=1S/C15H19N3O5/c1-10-3-4-12(18(21)22)8-13(10)16-15(20)11-7-14(19)17(9-11)5-6-23-2/h3-4,8,11H,5-7,9H2,1-2H3,(H,16,20). The molecule has 0 radical (unpaired) electrons. The molecule has 1 saturated heterocycles. The van der Waals surface area contributed by atoms with Crippen molar-refractivity contribution in [2.45, 2.75) is 13.3 Å². The number of amides is 2. The largest absolute Gasteiger partial charge is 0.383 e. The molecule has 1 aliphatic heterocycles. The smallest absolute Gasteiger partial charge is 0.271 e. The second-order valence-electron chi connectivity index (χ2n) is 5.48. The number of aryl methyl sites for hydroxylation is 1. The zero-order valence-corrected chi connectivity index (χ0v) is 13.1. The maximum atomic E-state index is 12.3. The molecule has 1 aromatic carbocycles. The molecule has 1 atom stereocenters. The van der Waals surface area contributed by atoms with Gasteiger partial charge in [0.15, 0.2) is 0 Å². The maximum absolute atomic E-state index is 12.3. The zero-order chi connectivity index (χ0) is 17.0. The molecule has 2 amide bonds. The lowest BCUT2D eigenvalue weighted by Crippen LogP contribution is -2.30. The van der Waals surface area contributed by atoms with Crippen LogP contribution >= 0.6 is 0 Å². The molecule has 8 nitrogen and oxygen atoms in total. The maximum Gasteiger partial charge on any atom is 0.271 e. The van der Waals surface area contributed by atoms with Crippen molar-refractivity contribution >= 4 is 23.2 Å². The Morgan fingerprint density at radius 3 is 2.91 bits per heavy atom. The van der Waals surface area contributed by atoms with E-state index < -0.39 is 10.8 Å². The van der Waals surface area contributed by atoms with Crippen molar-refractivity contribution in [1.29, 1.82) is 0 Å². The number of carbonyl (C=O) groups is 2. The molecule has 1 unspecified atom stereocenters. The molecular weight excluding hydrogens is 302 g/mol. The summed E-state index contributed by atoms with van der Waals surface area (Å²) in [7, 11) is 1.55. The van der Waals surface area contributed by atoms with E-state index in [1.807, 2.05) is 0 Å². The van der Waals surface area contributed by atoms with Gasteiger partial charge in [-0.05, 0) is 12.5 Å². The number of ether oxygens (including phenoxy) is 1. The van der Waals surface area contributed by atoms with E-state index in [1.165, 1.54) is 12.1 Å². The quantitative estimate of drug-likeness (QED) is 0.629. The van der Waals surface area contributed by atoms with Crippen molar-refractivity contribution in [2.24, 2.45) is 5.92 Å². The number of likely N-dealkylation sites (tertiary alicyclic amines) is 1. The summed E-state index contributed by atoms with van der Waals surface area (Å²) in [6.45, 7) is 2.96. The van der Waals surface area contributed by atoms with Crippen LogP contribution in [0.25, 0.3) is 0 Å². The second-order valence-corrected chi connectivity index (χ2v) is 5.48. The summed E-state index contributed by atoms with van der Waals surface area (Å²) in [6.07, 6.45) is 0.142. The van der Waals surface area contributed by atoms with Crippen LogP contribution in [0.1, 0.15) is 12.0 Å². The first kappa shape index (κ1) is 16.9. The van der Waals surface area contributed by atoms with E-state index >= 15 is 0 Å². The molecular formula is C15H19N3O5. The molecule has 23 heavy (non-hydrogen) atoms. The monoisotopic (exact) mass is 321 g/mol. The van der Waals surface area contributed by atoms with Crippen LogP contribution in [0, 0.1) is 23.0 Å². The van der Waals surface area contributed by atoms with Gasteiger partial charge in [-0.1, -0.05) is 6.07 Å². The van der Waals surface area contributed by atoms with Gasteiger partial charge in [-0.15, -0.1) is 0 Å². The molecule has 0 saturated carbocycles. The Morgan fingerprint density at radius 2 is 2.26 bits per heavy atom. The highest BCUT2D eigenvalue weighted by Gasteiger charge is 2.34. The van der Waals surface area contributed by atoms with E-state index in [1.54, 1.807) is 25.0 Å². The fourth-order valence-electron chi connectivity index (χ4n) is 2.46. The highest BCUT2D eigenvalue weighted by atomic mass is 16.6. The highest BCUT2D eigenvalue weighted by molar-refractivity contribution is 5.97. The van der Waals surface area contributed by atoms with Crippen molar-refractivity contribution in [2.75, 3.05) is 32.1 Å². The third kappa shape index (κ3) is 4.04. The van der Waals surface area contributed by atoms with Gasteiger partial charge in [0.1, 0.15) is 0 Å². The number of nitrogens with zero attached hydrogens (tertiary/aromatic N) is 2. The predicted octanol–water partition coefficient (Wildman–Crippen LogP) is 1.34. The van der Waals surface area contributed by atoms with Crippen LogP contribution in [0.5, 0.6) is 0 Å². The van der Waals surface area contributed by atoms with Crippen LogP contribution in [-0.4, -0.2) is 48.4 Å². The van der Waals surface area contributed by atoms with Gasteiger partial charge < -0.3 is 15.0 Å². The van der Waals surface area contributed by atoms with Gasteiger partial charge >= 0.3 is 0 Å². The Hall–Kier alpha value is -2.48. The normalized spacial score (nSPS) is 17.4. The molecule has 2 rings (SSSR count). The van der Waals surface area contributed by atoms with E-state index in [-0.39, 0.29) is 23.9 Å². The number of hydrogen-bond acceptors (Lipinski definition) is 5. The molecule has 1 fully saturated rings. The van der Waals surface area contributed by atoms with Gasteiger partial charge in [-0.2, -0.15) is 0 Å². The van der Waals surface area contributed by atoms with Crippen LogP contribution in [-0.2, 0) is 14.3 Å². The molecule has 1 aliphatic rings. The summed E-state index contributed by atoms with van der Waals surface area (Å²) in [4.78, 5) is 36.1. The van der Waals surface area contributed by atoms with Gasteiger partial charge in [0.25, 0.3) is 5.69 Å². The fourth-order valence-corrected chi connectivity index (χ4v) is 2.46. The van der Waals surface area contributed by atoms with Crippen LogP contribution in [0.15, 0.2) is 18.2 Å². The molecule has 124 valence electrons. The van der Waals surface area contributed by atoms with E-state index in [2.05, 4.69) is 5.32 Å². The number of nitrogens with one attached hydrogen (secondary N) is 1. The minimum atomic E-state index is -0.513. The zero-order valence-electron chi connectivity index (χ0n) is 13.1. The average Bonchev–Trinajstić information content (AvgIpc) is 2.88. The number of non-ortho nitro benzene ring substituents is 1. The van der Waals surface area contributed by atoms with E-state index in [4.69, 9.17) is 4.74 Å². The number of anilines is 1. The number of methoxy groups -OCH3 is 1. The Morgan fingerprint density at radius 1 is 1.52 bits per heavy atom. The molecule has 0 aromatic heterocycles. The number of rotatable bonds is 6. The van der Waals surface area contributed by atoms with Crippen molar-refractivity contribution < 1.29 is 19.2 Å². The topological polar surface area (TPSA) is 102 Å². The van der Waals surface area contributed by atoms with Crippen LogP contribution in [0.4, 0.5) is 11.4 Å². The van der Waals surface area contributed by atoms with Crippen LogP contribution in [0.2, 0.25) is 0 Å². The number of nitro benzene ring substituents is 1. The second kappa shape index (κ2) is 7.19. The lowest BCUT2D eigenvalue weighted by molar-refractivity contribution is -0.384. The van der Waals surface area contributed by atoms with Crippen LogP contribution in [0.3, 0.4) is 0 Å². The van der Waals surface area contributed by atoms with Gasteiger partial charge in [0, 0.05) is 38.8 Å².